The molecule has 2 heterocycles. The Morgan fingerprint density at radius 3 is 2.00 bits per heavy atom. The van der Waals surface area contributed by atoms with Gasteiger partial charge in [-0.1, -0.05) is 26.7 Å². The summed E-state index contributed by atoms with van der Waals surface area (Å²) < 4.78 is 0. The maximum atomic E-state index is 13.4. The van der Waals surface area contributed by atoms with E-state index in [0.29, 0.717) is 37.2 Å². The SMILES string of the molecule is CCC(C)C(NC(=O)C(Cc1cnc[nH]1)NC(=O)C(N)CCCCN)C(=O)NC(Cc1cnc[nH]1)C(=O)O. The molecular formula is C24H39N9O5. The highest BCUT2D eigenvalue weighted by Crippen LogP contribution is 2.11. The number of hydrogen-bond acceptors (Lipinski definition) is 8. The first-order chi connectivity index (χ1) is 18.2. The summed E-state index contributed by atoms with van der Waals surface area (Å²) in [6, 6.07) is -4.16. The highest BCUT2D eigenvalue weighted by molar-refractivity contribution is 5.94. The molecular weight excluding hydrogens is 494 g/mol. The zero-order valence-corrected chi connectivity index (χ0v) is 21.8. The topological polar surface area (TPSA) is 234 Å². The van der Waals surface area contributed by atoms with Crippen LogP contribution < -0.4 is 27.4 Å². The number of aromatic nitrogens is 4. The van der Waals surface area contributed by atoms with E-state index in [4.69, 9.17) is 11.5 Å². The van der Waals surface area contributed by atoms with Crippen molar-refractivity contribution in [3.63, 3.8) is 0 Å². The van der Waals surface area contributed by atoms with E-state index in [2.05, 4.69) is 35.9 Å². The highest BCUT2D eigenvalue weighted by Gasteiger charge is 2.33. The summed E-state index contributed by atoms with van der Waals surface area (Å²) in [6.45, 7) is 4.11. The van der Waals surface area contributed by atoms with E-state index in [1.807, 2.05) is 6.92 Å². The second kappa shape index (κ2) is 15.5. The zero-order valence-electron chi connectivity index (χ0n) is 21.8. The first-order valence-corrected chi connectivity index (χ1v) is 12.7. The van der Waals surface area contributed by atoms with Gasteiger partial charge in [-0.2, -0.15) is 0 Å². The Kier molecular flexibility index (Phi) is 12.4. The molecule has 0 aliphatic carbocycles. The molecule has 5 unspecified atom stereocenters. The van der Waals surface area contributed by atoms with Crippen LogP contribution in [-0.2, 0) is 32.0 Å². The number of imidazole rings is 2. The van der Waals surface area contributed by atoms with E-state index in [-0.39, 0.29) is 18.8 Å². The summed E-state index contributed by atoms with van der Waals surface area (Å²) in [4.78, 5) is 64.6. The van der Waals surface area contributed by atoms with E-state index in [1.54, 1.807) is 6.92 Å². The van der Waals surface area contributed by atoms with Crippen LogP contribution in [-0.4, -0.2) is 79.4 Å². The average molecular weight is 534 g/mol. The van der Waals surface area contributed by atoms with Gasteiger partial charge in [-0.25, -0.2) is 14.8 Å². The van der Waals surface area contributed by atoms with Crippen LogP contribution in [0, 0.1) is 5.92 Å². The van der Waals surface area contributed by atoms with E-state index >= 15 is 0 Å². The standard InChI is InChI=1S/C24H39N9O5/c1-3-14(2)20(23(36)32-19(24(37)38)9-16-11-28-13-30-16)33-22(35)18(8-15-10-27-12-29-15)31-21(34)17(26)6-4-5-7-25/h10-14,17-20H,3-9,25-26H2,1-2H3,(H,27,29)(H,28,30)(H,31,34)(H,32,36)(H,33,35)(H,37,38). The van der Waals surface area contributed by atoms with Gasteiger partial charge < -0.3 is 42.5 Å². The highest BCUT2D eigenvalue weighted by atomic mass is 16.4. The number of aromatic amines is 2. The molecule has 0 aliphatic heterocycles. The Morgan fingerprint density at radius 1 is 0.921 bits per heavy atom. The molecule has 0 bridgehead atoms. The monoisotopic (exact) mass is 533 g/mol. The summed E-state index contributed by atoms with van der Waals surface area (Å²) in [5.41, 5.74) is 12.6. The number of rotatable bonds is 17. The second-order valence-corrected chi connectivity index (χ2v) is 9.29. The van der Waals surface area contributed by atoms with Crippen LogP contribution in [0.4, 0.5) is 0 Å². The minimum absolute atomic E-state index is 0.0111. The maximum absolute atomic E-state index is 13.4. The van der Waals surface area contributed by atoms with Crippen LogP contribution in [0.5, 0.6) is 0 Å². The van der Waals surface area contributed by atoms with Crippen LogP contribution in [0.25, 0.3) is 0 Å². The van der Waals surface area contributed by atoms with Crippen LogP contribution in [0.2, 0.25) is 0 Å². The number of carbonyl (C=O) groups is 4. The lowest BCUT2D eigenvalue weighted by atomic mass is 9.96. The van der Waals surface area contributed by atoms with Gasteiger partial charge in [0.05, 0.1) is 18.7 Å². The summed E-state index contributed by atoms with van der Waals surface area (Å²) in [6.07, 6.45) is 8.26. The van der Waals surface area contributed by atoms with Crippen LogP contribution in [0.1, 0.15) is 50.9 Å². The molecule has 0 radical (unpaired) electrons. The molecule has 0 spiro atoms. The fraction of sp³-hybridized carbons (Fsp3) is 0.583. The molecule has 0 fully saturated rings. The lowest BCUT2D eigenvalue weighted by Crippen LogP contribution is -2.59. The molecule has 0 saturated heterocycles. The minimum atomic E-state index is -1.24. The number of carboxylic acid groups (broad SMARTS) is 1. The molecule has 38 heavy (non-hydrogen) atoms. The minimum Gasteiger partial charge on any atom is -0.480 e. The van der Waals surface area contributed by atoms with Gasteiger partial charge >= 0.3 is 5.97 Å². The van der Waals surface area contributed by atoms with Crippen LogP contribution >= 0.6 is 0 Å². The van der Waals surface area contributed by atoms with Crippen molar-refractivity contribution in [1.29, 1.82) is 0 Å². The largest absolute Gasteiger partial charge is 0.480 e. The van der Waals surface area contributed by atoms with Crippen molar-refractivity contribution in [3.8, 4) is 0 Å². The third-order valence-corrected chi connectivity index (χ3v) is 6.30. The number of aliphatic carboxylic acids is 1. The fourth-order valence-corrected chi connectivity index (χ4v) is 3.78. The number of nitrogens with zero attached hydrogens (tertiary/aromatic N) is 2. The molecule has 2 rings (SSSR count). The van der Waals surface area contributed by atoms with Gasteiger partial charge in [0, 0.05) is 36.6 Å². The molecule has 14 heteroatoms. The first-order valence-electron chi connectivity index (χ1n) is 12.7. The molecule has 0 saturated carbocycles. The Morgan fingerprint density at radius 2 is 1.50 bits per heavy atom. The van der Waals surface area contributed by atoms with Gasteiger partial charge in [0.15, 0.2) is 0 Å². The van der Waals surface area contributed by atoms with Crippen molar-refractivity contribution in [2.45, 2.75) is 76.5 Å². The van der Waals surface area contributed by atoms with Gasteiger partial charge in [0.1, 0.15) is 18.1 Å². The molecule has 0 aliphatic rings. The maximum Gasteiger partial charge on any atom is 0.326 e. The normalized spacial score (nSPS) is 15.1. The Labute approximate surface area is 221 Å². The Hall–Kier alpha value is -3.78. The zero-order chi connectivity index (χ0) is 28.1. The van der Waals surface area contributed by atoms with Crippen molar-refractivity contribution in [3.05, 3.63) is 36.4 Å². The molecule has 5 atom stereocenters. The molecule has 2 aromatic rings. The number of amides is 3. The van der Waals surface area contributed by atoms with Gasteiger partial charge in [0.2, 0.25) is 17.7 Å². The lowest BCUT2D eigenvalue weighted by molar-refractivity contribution is -0.142. The quantitative estimate of drug-likeness (QED) is 0.116. The smallest absolute Gasteiger partial charge is 0.326 e. The van der Waals surface area contributed by atoms with E-state index in [9.17, 15) is 24.3 Å². The Balaban J connectivity index is 2.16. The van der Waals surface area contributed by atoms with Crippen LogP contribution in [0.3, 0.4) is 0 Å². The molecule has 210 valence electrons. The van der Waals surface area contributed by atoms with Crippen molar-refractivity contribution >= 4 is 23.7 Å². The third-order valence-electron chi connectivity index (χ3n) is 6.30. The lowest BCUT2D eigenvalue weighted by Gasteiger charge is -2.28. The number of carbonyl (C=O) groups excluding carboxylic acids is 3. The fourth-order valence-electron chi connectivity index (χ4n) is 3.78. The number of H-pyrrole nitrogens is 2. The van der Waals surface area contributed by atoms with Crippen molar-refractivity contribution < 1.29 is 24.3 Å². The molecule has 14 nitrogen and oxygen atoms in total. The predicted octanol–water partition coefficient (Wildman–Crippen LogP) is -1.04. The third kappa shape index (κ3) is 9.59. The van der Waals surface area contributed by atoms with E-state index < -0.39 is 47.9 Å². The predicted molar refractivity (Wildman–Crippen MR) is 138 cm³/mol. The summed E-state index contributed by atoms with van der Waals surface area (Å²) in [7, 11) is 0. The van der Waals surface area contributed by atoms with Crippen molar-refractivity contribution in [2.75, 3.05) is 6.54 Å². The number of nitrogens with one attached hydrogen (secondary N) is 5. The van der Waals surface area contributed by atoms with Gasteiger partial charge in [-0.3, -0.25) is 14.4 Å². The van der Waals surface area contributed by atoms with Crippen molar-refractivity contribution in [2.24, 2.45) is 17.4 Å². The van der Waals surface area contributed by atoms with E-state index in [0.717, 1.165) is 6.42 Å². The number of nitrogens with two attached hydrogens (primary N) is 2. The summed E-state index contributed by atoms with van der Waals surface area (Å²) >= 11 is 0. The molecule has 10 N–H and O–H groups in total. The Bertz CT molecular complexity index is 1010. The number of hydrogen-bond donors (Lipinski definition) is 8. The summed E-state index contributed by atoms with van der Waals surface area (Å²) in [5.74, 6) is -3.32. The average Bonchev–Trinajstić information content (AvgIpc) is 3.60. The number of unbranched alkanes of at least 4 members (excludes halogenated alkanes) is 1. The number of carboxylic acids is 1. The van der Waals surface area contributed by atoms with Gasteiger partial charge in [-0.15, -0.1) is 0 Å². The molecule has 0 aromatic carbocycles. The molecule has 2 aromatic heterocycles. The van der Waals surface area contributed by atoms with Crippen molar-refractivity contribution in [1.82, 2.24) is 35.9 Å². The van der Waals surface area contributed by atoms with Gasteiger partial charge in [0.25, 0.3) is 0 Å². The summed E-state index contributed by atoms with van der Waals surface area (Å²) in [5, 5.41) is 17.5. The molecule has 3 amide bonds. The first kappa shape index (κ1) is 30.4. The van der Waals surface area contributed by atoms with E-state index in [1.165, 1.54) is 25.0 Å². The van der Waals surface area contributed by atoms with Crippen LogP contribution in [0.15, 0.2) is 25.0 Å². The second-order valence-electron chi connectivity index (χ2n) is 9.29. The van der Waals surface area contributed by atoms with Gasteiger partial charge in [-0.05, 0) is 25.3 Å².